The molecule has 0 aliphatic heterocycles. The van der Waals surface area contributed by atoms with Crippen molar-refractivity contribution >= 4 is 22.7 Å². The summed E-state index contributed by atoms with van der Waals surface area (Å²) in [5, 5.41) is 1.28. The number of aromatic nitrogens is 1. The van der Waals surface area contributed by atoms with Crippen molar-refractivity contribution in [1.82, 2.24) is 4.57 Å². The van der Waals surface area contributed by atoms with Crippen LogP contribution >= 0.6 is 0 Å². The molecule has 5 rings (SSSR count). The number of nitrogens with zero attached hydrogens (tertiary/aromatic N) is 1. The highest BCUT2D eigenvalue weighted by atomic mass is 15.0. The number of aryl methyl sites for hydroxylation is 2. The molecule has 0 spiro atoms. The number of nitrogen functional groups attached to an aromatic ring is 1. The molecular formula is C31H28N2. The van der Waals surface area contributed by atoms with Crippen LogP contribution in [0.2, 0.25) is 0 Å². The minimum atomic E-state index is 0.794. The molecule has 0 fully saturated rings. The van der Waals surface area contributed by atoms with Gasteiger partial charge in [-0.05, 0) is 79.4 Å². The fourth-order valence-electron chi connectivity index (χ4n) is 4.68. The number of allylic oxidation sites excluding steroid dienone is 1. The molecule has 1 aromatic heterocycles. The number of nitrogens with two attached hydrogens (primary N) is 1. The molecule has 0 radical (unpaired) electrons. The molecule has 1 heterocycles. The van der Waals surface area contributed by atoms with E-state index in [9.17, 15) is 0 Å². The maximum atomic E-state index is 6.38. The van der Waals surface area contributed by atoms with Crippen LogP contribution in [0.15, 0.2) is 97.1 Å². The molecule has 33 heavy (non-hydrogen) atoms. The quantitative estimate of drug-likeness (QED) is 0.287. The van der Waals surface area contributed by atoms with E-state index in [-0.39, 0.29) is 0 Å². The van der Waals surface area contributed by atoms with E-state index in [0.717, 1.165) is 28.1 Å². The highest BCUT2D eigenvalue weighted by Gasteiger charge is 2.14. The van der Waals surface area contributed by atoms with Crippen LogP contribution in [0, 0.1) is 13.8 Å². The third-order valence-corrected chi connectivity index (χ3v) is 6.32. The number of para-hydroxylation sites is 1. The van der Waals surface area contributed by atoms with E-state index in [1.54, 1.807) is 0 Å². The fourth-order valence-corrected chi connectivity index (χ4v) is 4.68. The first-order valence-electron chi connectivity index (χ1n) is 11.4. The Morgan fingerprint density at radius 3 is 2.30 bits per heavy atom. The van der Waals surface area contributed by atoms with Gasteiger partial charge in [0.05, 0.1) is 5.52 Å². The zero-order valence-corrected chi connectivity index (χ0v) is 19.3. The van der Waals surface area contributed by atoms with Gasteiger partial charge in [0.15, 0.2) is 0 Å². The van der Waals surface area contributed by atoms with E-state index in [0.29, 0.717) is 0 Å². The van der Waals surface area contributed by atoms with Crippen LogP contribution < -0.4 is 5.73 Å². The van der Waals surface area contributed by atoms with Crippen molar-refractivity contribution in [2.24, 2.45) is 0 Å². The minimum Gasteiger partial charge on any atom is -0.398 e. The van der Waals surface area contributed by atoms with Crippen LogP contribution in [-0.4, -0.2) is 4.57 Å². The molecule has 0 unspecified atom stereocenters. The van der Waals surface area contributed by atoms with Crippen molar-refractivity contribution in [1.29, 1.82) is 0 Å². The summed E-state index contributed by atoms with van der Waals surface area (Å²) in [6, 6.07) is 32.2. The predicted molar refractivity (Wildman–Crippen MR) is 143 cm³/mol. The van der Waals surface area contributed by atoms with Crippen molar-refractivity contribution in [3.63, 3.8) is 0 Å². The number of anilines is 1. The first-order chi connectivity index (χ1) is 16.1. The average Bonchev–Trinajstić information content (AvgIpc) is 3.11. The topological polar surface area (TPSA) is 30.9 Å². The lowest BCUT2D eigenvalue weighted by atomic mass is 9.96. The number of hydrogen-bond acceptors (Lipinski definition) is 1. The third-order valence-electron chi connectivity index (χ3n) is 6.32. The van der Waals surface area contributed by atoms with Gasteiger partial charge in [0.2, 0.25) is 0 Å². The van der Waals surface area contributed by atoms with Crippen molar-refractivity contribution in [3.05, 3.63) is 114 Å². The fraction of sp³-hybridized carbons (Fsp3) is 0.0968. The molecule has 0 saturated carbocycles. The Hall–Kier alpha value is -4.04. The van der Waals surface area contributed by atoms with Gasteiger partial charge >= 0.3 is 0 Å². The molecule has 5 aromatic rings. The van der Waals surface area contributed by atoms with Gasteiger partial charge in [0, 0.05) is 28.0 Å². The monoisotopic (exact) mass is 428 g/mol. The van der Waals surface area contributed by atoms with Gasteiger partial charge in [-0.3, -0.25) is 0 Å². The Morgan fingerprint density at radius 1 is 0.727 bits per heavy atom. The zero-order chi connectivity index (χ0) is 22.9. The first kappa shape index (κ1) is 20.8. The summed E-state index contributed by atoms with van der Waals surface area (Å²) in [6.45, 7) is 6.38. The second-order valence-corrected chi connectivity index (χ2v) is 8.58. The van der Waals surface area contributed by atoms with Gasteiger partial charge in [-0.15, -0.1) is 0 Å². The standard InChI is InChI=1S/C31H28N2/c1-4-9-30-22(3)27-14-5-6-15-31(27)33(30)26-13-8-11-23(19-26)24-16-17-29(32)28(20-24)25-12-7-10-21(2)18-25/h4-20H,32H2,1-3H3/b9-4-. The first-order valence-corrected chi connectivity index (χ1v) is 11.4. The van der Waals surface area contributed by atoms with Crippen molar-refractivity contribution in [2.75, 3.05) is 5.73 Å². The van der Waals surface area contributed by atoms with Gasteiger partial charge in [0.1, 0.15) is 0 Å². The third kappa shape index (κ3) is 3.74. The smallest absolute Gasteiger partial charge is 0.0537 e. The second-order valence-electron chi connectivity index (χ2n) is 8.58. The normalized spacial score (nSPS) is 11.5. The van der Waals surface area contributed by atoms with E-state index in [2.05, 4.69) is 122 Å². The molecule has 0 atom stereocenters. The summed E-state index contributed by atoms with van der Waals surface area (Å²) in [5.41, 5.74) is 17.8. The van der Waals surface area contributed by atoms with E-state index >= 15 is 0 Å². The van der Waals surface area contributed by atoms with Gasteiger partial charge in [0.25, 0.3) is 0 Å². The number of hydrogen-bond donors (Lipinski definition) is 1. The Morgan fingerprint density at radius 2 is 1.48 bits per heavy atom. The second kappa shape index (κ2) is 8.48. The molecule has 0 aliphatic rings. The Balaban J connectivity index is 1.67. The lowest BCUT2D eigenvalue weighted by Crippen LogP contribution is -1.97. The molecule has 162 valence electrons. The summed E-state index contributed by atoms with van der Waals surface area (Å²) < 4.78 is 2.35. The summed E-state index contributed by atoms with van der Waals surface area (Å²) in [5.74, 6) is 0. The van der Waals surface area contributed by atoms with Gasteiger partial charge in [-0.1, -0.05) is 72.3 Å². The van der Waals surface area contributed by atoms with E-state index in [1.807, 2.05) is 6.07 Å². The molecule has 2 nitrogen and oxygen atoms in total. The van der Waals surface area contributed by atoms with Crippen LogP contribution in [0.25, 0.3) is 44.9 Å². The lowest BCUT2D eigenvalue weighted by molar-refractivity contribution is 1.10. The SMILES string of the molecule is C/C=C\c1c(C)c2ccccc2n1-c1cccc(-c2ccc(N)c(-c3cccc(C)c3)c2)c1. The molecule has 4 aromatic carbocycles. The van der Waals surface area contributed by atoms with Crippen molar-refractivity contribution in [3.8, 4) is 27.9 Å². The molecule has 0 saturated heterocycles. The Bertz CT molecular complexity index is 1500. The van der Waals surface area contributed by atoms with Gasteiger partial charge < -0.3 is 10.3 Å². The Labute approximate surface area is 195 Å². The van der Waals surface area contributed by atoms with Gasteiger partial charge in [-0.25, -0.2) is 0 Å². The van der Waals surface area contributed by atoms with Crippen molar-refractivity contribution in [2.45, 2.75) is 20.8 Å². The van der Waals surface area contributed by atoms with E-state index in [4.69, 9.17) is 5.73 Å². The molecule has 0 aliphatic carbocycles. The number of fused-ring (bicyclic) bond motifs is 1. The average molecular weight is 429 g/mol. The highest BCUT2D eigenvalue weighted by molar-refractivity contribution is 5.90. The largest absolute Gasteiger partial charge is 0.398 e. The molecule has 2 heteroatoms. The van der Waals surface area contributed by atoms with Crippen LogP contribution in [-0.2, 0) is 0 Å². The molecule has 2 N–H and O–H groups in total. The summed E-state index contributed by atoms with van der Waals surface area (Å²) >= 11 is 0. The molecule has 0 bridgehead atoms. The number of rotatable bonds is 4. The summed E-state index contributed by atoms with van der Waals surface area (Å²) in [7, 11) is 0. The van der Waals surface area contributed by atoms with Crippen LogP contribution in [0.3, 0.4) is 0 Å². The maximum Gasteiger partial charge on any atom is 0.0537 e. The van der Waals surface area contributed by atoms with Gasteiger partial charge in [-0.2, -0.15) is 0 Å². The molecule has 0 amide bonds. The number of benzene rings is 4. The lowest BCUT2D eigenvalue weighted by Gasteiger charge is -2.13. The van der Waals surface area contributed by atoms with E-state index < -0.39 is 0 Å². The van der Waals surface area contributed by atoms with Crippen molar-refractivity contribution < 1.29 is 0 Å². The minimum absolute atomic E-state index is 0.794. The summed E-state index contributed by atoms with van der Waals surface area (Å²) in [4.78, 5) is 0. The van der Waals surface area contributed by atoms with E-state index in [1.165, 1.54) is 33.3 Å². The zero-order valence-electron chi connectivity index (χ0n) is 19.3. The molecular weight excluding hydrogens is 400 g/mol. The van der Waals surface area contributed by atoms with Crippen LogP contribution in [0.4, 0.5) is 5.69 Å². The summed E-state index contributed by atoms with van der Waals surface area (Å²) in [6.07, 6.45) is 4.30. The van der Waals surface area contributed by atoms with Crippen LogP contribution in [0.1, 0.15) is 23.7 Å². The Kier molecular flexibility index (Phi) is 5.35. The van der Waals surface area contributed by atoms with Crippen LogP contribution in [0.5, 0.6) is 0 Å². The maximum absolute atomic E-state index is 6.38. The predicted octanol–water partition coefficient (Wildman–Crippen LogP) is 8.20. The highest BCUT2D eigenvalue weighted by Crippen LogP contribution is 2.34.